The van der Waals surface area contributed by atoms with Crippen molar-refractivity contribution in [1.82, 2.24) is 39.8 Å². The summed E-state index contributed by atoms with van der Waals surface area (Å²) in [6.45, 7) is 11.0. The molecule has 5 aromatic rings. The number of likely N-dealkylation sites (N-methyl/N-ethyl adjacent to an activating group) is 1. The van der Waals surface area contributed by atoms with Crippen LogP contribution in [0.15, 0.2) is 36.5 Å². The van der Waals surface area contributed by atoms with Crippen LogP contribution < -0.4 is 5.32 Å². The monoisotopic (exact) mass is 521 g/mol. The van der Waals surface area contributed by atoms with Gasteiger partial charge in [-0.1, -0.05) is 19.1 Å². The Balaban J connectivity index is 1.18. The lowest BCUT2D eigenvalue weighted by atomic mass is 9.91. The maximum Gasteiger partial charge on any atom is 0.225 e. The number of aromatic nitrogens is 7. The standard InChI is InChI=1S/C30H35N9/c1-6-39-14-13-24-26(30(39,3)4)34-28(32-24)20-10-9-19(15-17(20)2)27-35-29(38(5)37-27)33-23-12-11-22-21(16-31-36-22)25(23)18-7-8-18/h9-12,15-16,18H,6-8,13-14H2,1-5H3,(H,31,36)(H,32,34)(H,33,35,37). The molecule has 4 heterocycles. The first-order chi connectivity index (χ1) is 18.8. The van der Waals surface area contributed by atoms with Gasteiger partial charge in [-0.05, 0) is 75.4 Å². The van der Waals surface area contributed by atoms with Gasteiger partial charge in [-0.15, -0.1) is 5.10 Å². The van der Waals surface area contributed by atoms with E-state index in [0.717, 1.165) is 64.9 Å². The number of aromatic amines is 2. The van der Waals surface area contributed by atoms with Gasteiger partial charge in [0.05, 0.1) is 22.9 Å². The summed E-state index contributed by atoms with van der Waals surface area (Å²) in [5.41, 5.74) is 9.05. The molecule has 39 heavy (non-hydrogen) atoms. The molecule has 7 rings (SSSR count). The Morgan fingerprint density at radius 1 is 1.13 bits per heavy atom. The molecule has 0 bridgehead atoms. The SMILES string of the molecule is CCN1CCc2[nH]c(-c3ccc(-c4nc(Nc5ccc6[nH]ncc6c5C5CC5)n(C)n4)cc3C)nc2C1(C)C. The molecular weight excluding hydrogens is 486 g/mol. The number of H-pyrrole nitrogens is 2. The van der Waals surface area contributed by atoms with Crippen LogP contribution in [0, 0.1) is 6.92 Å². The molecule has 0 amide bonds. The molecule has 9 heteroatoms. The lowest BCUT2D eigenvalue weighted by Gasteiger charge is -2.40. The summed E-state index contributed by atoms with van der Waals surface area (Å²) in [6, 6.07) is 10.6. The van der Waals surface area contributed by atoms with Crippen LogP contribution in [0.1, 0.15) is 62.0 Å². The van der Waals surface area contributed by atoms with E-state index in [2.05, 4.69) is 83.4 Å². The van der Waals surface area contributed by atoms with Crippen LogP contribution in [0.2, 0.25) is 0 Å². The molecule has 3 aromatic heterocycles. The minimum absolute atomic E-state index is 0.0757. The Bertz CT molecular complexity index is 1700. The molecule has 200 valence electrons. The second kappa shape index (κ2) is 8.77. The minimum atomic E-state index is -0.0757. The van der Waals surface area contributed by atoms with Crippen LogP contribution in [0.5, 0.6) is 0 Å². The van der Waals surface area contributed by atoms with E-state index >= 15 is 0 Å². The van der Waals surface area contributed by atoms with Crippen LogP contribution in [0.4, 0.5) is 11.6 Å². The summed E-state index contributed by atoms with van der Waals surface area (Å²) in [4.78, 5) is 16.1. The zero-order valence-corrected chi connectivity index (χ0v) is 23.3. The van der Waals surface area contributed by atoms with Gasteiger partial charge in [0.25, 0.3) is 0 Å². The van der Waals surface area contributed by atoms with Crippen molar-refractivity contribution in [3.05, 3.63) is 59.0 Å². The molecule has 0 radical (unpaired) electrons. The van der Waals surface area contributed by atoms with E-state index in [0.29, 0.717) is 11.7 Å². The van der Waals surface area contributed by atoms with Crippen LogP contribution in [0.25, 0.3) is 33.7 Å². The molecule has 1 saturated carbocycles. The van der Waals surface area contributed by atoms with Gasteiger partial charge in [0.2, 0.25) is 5.95 Å². The van der Waals surface area contributed by atoms with Crippen LogP contribution in [-0.4, -0.2) is 52.9 Å². The van der Waals surface area contributed by atoms with Crippen LogP contribution in [-0.2, 0) is 19.0 Å². The topological polar surface area (TPSA) is 103 Å². The number of aryl methyl sites for hydroxylation is 2. The van der Waals surface area contributed by atoms with Crippen molar-refractivity contribution in [2.24, 2.45) is 7.05 Å². The predicted molar refractivity (Wildman–Crippen MR) is 154 cm³/mol. The fraction of sp³-hybridized carbons (Fsp3) is 0.400. The van der Waals surface area contributed by atoms with E-state index in [1.807, 2.05) is 17.9 Å². The summed E-state index contributed by atoms with van der Waals surface area (Å²) >= 11 is 0. The van der Waals surface area contributed by atoms with Gasteiger partial charge in [-0.3, -0.25) is 10.00 Å². The van der Waals surface area contributed by atoms with Crippen molar-refractivity contribution in [1.29, 1.82) is 0 Å². The maximum absolute atomic E-state index is 5.10. The van der Waals surface area contributed by atoms with Gasteiger partial charge < -0.3 is 10.3 Å². The zero-order chi connectivity index (χ0) is 26.9. The van der Waals surface area contributed by atoms with Crippen molar-refractivity contribution >= 4 is 22.5 Å². The van der Waals surface area contributed by atoms with Crippen molar-refractivity contribution in [3.63, 3.8) is 0 Å². The molecule has 3 N–H and O–H groups in total. The lowest BCUT2D eigenvalue weighted by molar-refractivity contribution is 0.110. The van der Waals surface area contributed by atoms with E-state index in [1.165, 1.54) is 29.5 Å². The highest BCUT2D eigenvalue weighted by atomic mass is 15.4. The molecule has 1 aliphatic heterocycles. The summed E-state index contributed by atoms with van der Waals surface area (Å²) < 4.78 is 1.82. The average molecular weight is 522 g/mol. The highest BCUT2D eigenvalue weighted by Gasteiger charge is 2.36. The molecular formula is C30H35N9. The highest BCUT2D eigenvalue weighted by molar-refractivity contribution is 5.89. The Hall–Kier alpha value is -3.98. The third-order valence-corrected chi connectivity index (χ3v) is 8.56. The van der Waals surface area contributed by atoms with Gasteiger partial charge in [0.1, 0.15) is 5.82 Å². The Kier molecular flexibility index (Phi) is 5.42. The molecule has 1 fully saturated rings. The van der Waals surface area contributed by atoms with Gasteiger partial charge >= 0.3 is 0 Å². The van der Waals surface area contributed by atoms with Gasteiger partial charge in [0, 0.05) is 47.9 Å². The molecule has 0 spiro atoms. The summed E-state index contributed by atoms with van der Waals surface area (Å²) in [5.74, 6) is 2.93. The van der Waals surface area contributed by atoms with Crippen LogP contribution in [0.3, 0.4) is 0 Å². The second-order valence-electron chi connectivity index (χ2n) is 11.5. The Labute approximate surface area is 228 Å². The van der Waals surface area contributed by atoms with Crippen molar-refractivity contribution in [3.8, 4) is 22.8 Å². The summed E-state index contributed by atoms with van der Waals surface area (Å²) in [5, 5.41) is 16.8. The summed E-state index contributed by atoms with van der Waals surface area (Å²) in [7, 11) is 1.93. The van der Waals surface area contributed by atoms with Crippen molar-refractivity contribution in [2.75, 3.05) is 18.4 Å². The second-order valence-corrected chi connectivity index (χ2v) is 11.5. The summed E-state index contributed by atoms with van der Waals surface area (Å²) in [6.07, 6.45) is 5.35. The first-order valence-corrected chi connectivity index (χ1v) is 13.9. The Morgan fingerprint density at radius 2 is 1.97 bits per heavy atom. The van der Waals surface area contributed by atoms with E-state index in [4.69, 9.17) is 15.1 Å². The quantitative estimate of drug-likeness (QED) is 0.261. The number of imidazole rings is 1. The number of hydrogen-bond acceptors (Lipinski definition) is 6. The maximum atomic E-state index is 5.10. The first kappa shape index (κ1) is 24.1. The molecule has 0 unspecified atom stereocenters. The zero-order valence-electron chi connectivity index (χ0n) is 23.3. The van der Waals surface area contributed by atoms with E-state index < -0.39 is 0 Å². The smallest absolute Gasteiger partial charge is 0.225 e. The van der Waals surface area contributed by atoms with E-state index in [-0.39, 0.29) is 5.54 Å². The van der Waals surface area contributed by atoms with Crippen LogP contribution >= 0.6 is 0 Å². The number of hydrogen-bond donors (Lipinski definition) is 3. The molecule has 9 nitrogen and oxygen atoms in total. The fourth-order valence-corrected chi connectivity index (χ4v) is 6.22. The number of fused-ring (bicyclic) bond motifs is 2. The van der Waals surface area contributed by atoms with Gasteiger partial charge in [-0.2, -0.15) is 10.1 Å². The molecule has 1 aliphatic carbocycles. The number of nitrogens with one attached hydrogen (secondary N) is 3. The largest absolute Gasteiger partial charge is 0.342 e. The number of benzene rings is 2. The normalized spacial score (nSPS) is 17.1. The first-order valence-electron chi connectivity index (χ1n) is 13.9. The van der Waals surface area contributed by atoms with Crippen molar-refractivity contribution < 1.29 is 0 Å². The molecule has 2 aromatic carbocycles. The highest BCUT2D eigenvalue weighted by Crippen LogP contribution is 2.47. The van der Waals surface area contributed by atoms with Gasteiger partial charge in [0.15, 0.2) is 5.82 Å². The molecule has 0 atom stereocenters. The third-order valence-electron chi connectivity index (χ3n) is 8.56. The molecule has 0 saturated heterocycles. The minimum Gasteiger partial charge on any atom is -0.342 e. The number of anilines is 2. The number of nitrogens with zero attached hydrogens (tertiary/aromatic N) is 6. The Morgan fingerprint density at radius 3 is 2.74 bits per heavy atom. The average Bonchev–Trinajstić information content (AvgIpc) is 3.29. The predicted octanol–water partition coefficient (Wildman–Crippen LogP) is 5.79. The molecule has 2 aliphatic rings. The fourth-order valence-electron chi connectivity index (χ4n) is 6.22. The van der Waals surface area contributed by atoms with Crippen molar-refractivity contribution in [2.45, 2.75) is 58.4 Å². The van der Waals surface area contributed by atoms with Gasteiger partial charge in [-0.25, -0.2) is 9.67 Å². The lowest BCUT2D eigenvalue weighted by Crippen LogP contribution is -2.46. The van der Waals surface area contributed by atoms with E-state index in [1.54, 1.807) is 0 Å². The van der Waals surface area contributed by atoms with E-state index in [9.17, 15) is 0 Å². The third kappa shape index (κ3) is 3.95. The number of rotatable bonds is 6.